The molecule has 2 fully saturated rings. The number of fused-ring (bicyclic) bond motifs is 1. The van der Waals surface area contributed by atoms with Gasteiger partial charge in [-0.1, -0.05) is 12.1 Å². The molecule has 26 heavy (non-hydrogen) atoms. The molecule has 1 atom stereocenters. The number of pyridine rings is 1. The van der Waals surface area contributed by atoms with Crippen LogP contribution in [0, 0.1) is 19.8 Å². The van der Waals surface area contributed by atoms with Crippen LogP contribution in [-0.4, -0.2) is 40.6 Å². The van der Waals surface area contributed by atoms with Crippen molar-refractivity contribution in [2.45, 2.75) is 38.6 Å². The fourth-order valence-electron chi connectivity index (χ4n) is 4.46. The molecule has 136 valence electrons. The molecular weight excluding hydrogens is 330 g/mol. The molecule has 0 bridgehead atoms. The molecule has 2 aliphatic rings. The molecule has 2 aromatic rings. The zero-order chi connectivity index (χ0) is 18.5. The van der Waals surface area contributed by atoms with Crippen molar-refractivity contribution >= 4 is 28.5 Å². The lowest BCUT2D eigenvalue weighted by atomic mass is 9.77. The SMILES string of the molecule is Cc1ccc2c(N3CCC4(CC3)NC(=O)C[C@H]4C(=O)O)ccnc2c1C. The Kier molecular flexibility index (Phi) is 3.86. The molecule has 2 N–H and O–H groups in total. The molecule has 6 heteroatoms. The second kappa shape index (κ2) is 5.97. The summed E-state index contributed by atoms with van der Waals surface area (Å²) in [5.41, 5.74) is 3.95. The Balaban J connectivity index is 1.63. The minimum absolute atomic E-state index is 0.0893. The van der Waals surface area contributed by atoms with E-state index in [0.29, 0.717) is 12.8 Å². The first-order chi connectivity index (χ1) is 12.4. The number of piperidine rings is 1. The van der Waals surface area contributed by atoms with Crippen LogP contribution in [-0.2, 0) is 9.59 Å². The summed E-state index contributed by atoms with van der Waals surface area (Å²) in [6.07, 6.45) is 3.21. The van der Waals surface area contributed by atoms with Crippen LogP contribution in [0.1, 0.15) is 30.4 Å². The minimum atomic E-state index is -0.878. The monoisotopic (exact) mass is 353 g/mol. The van der Waals surface area contributed by atoms with Gasteiger partial charge in [-0.2, -0.15) is 0 Å². The highest BCUT2D eigenvalue weighted by molar-refractivity contribution is 5.94. The number of carbonyl (C=O) groups is 2. The van der Waals surface area contributed by atoms with Gasteiger partial charge in [0.1, 0.15) is 0 Å². The smallest absolute Gasteiger partial charge is 0.309 e. The standard InChI is InChI=1S/C20H23N3O3/c1-12-3-4-14-16(5-8-21-18(14)13(12)2)23-9-6-20(7-10-23)15(19(25)26)11-17(24)22-20/h3-5,8,15H,6-7,9-11H2,1-2H3,(H,22,24)(H,25,26)/t15-/m0/s1. The summed E-state index contributed by atoms with van der Waals surface area (Å²) in [7, 11) is 0. The van der Waals surface area contributed by atoms with Crippen LogP contribution in [0.3, 0.4) is 0 Å². The number of nitrogens with zero attached hydrogens (tertiary/aromatic N) is 2. The lowest BCUT2D eigenvalue weighted by molar-refractivity contribution is -0.144. The molecular formula is C20H23N3O3. The van der Waals surface area contributed by atoms with Gasteiger partial charge >= 0.3 is 5.97 Å². The Morgan fingerprint density at radius 1 is 1.27 bits per heavy atom. The van der Waals surface area contributed by atoms with Crippen molar-refractivity contribution in [3.8, 4) is 0 Å². The normalized spacial score (nSPS) is 22.0. The van der Waals surface area contributed by atoms with Crippen LogP contribution < -0.4 is 10.2 Å². The average molecular weight is 353 g/mol. The zero-order valence-corrected chi connectivity index (χ0v) is 15.1. The molecule has 0 unspecified atom stereocenters. The number of nitrogens with one attached hydrogen (secondary N) is 1. The molecule has 1 aromatic heterocycles. The summed E-state index contributed by atoms with van der Waals surface area (Å²) < 4.78 is 0. The molecule has 1 spiro atoms. The van der Waals surface area contributed by atoms with E-state index in [2.05, 4.69) is 41.2 Å². The zero-order valence-electron chi connectivity index (χ0n) is 15.1. The van der Waals surface area contributed by atoms with E-state index in [1.54, 1.807) is 0 Å². The summed E-state index contributed by atoms with van der Waals surface area (Å²) in [5, 5.41) is 13.6. The predicted octanol–water partition coefficient (Wildman–Crippen LogP) is 2.41. The molecule has 3 heterocycles. The van der Waals surface area contributed by atoms with Gasteiger partial charge in [-0.05, 0) is 43.9 Å². The number of carboxylic acids is 1. The van der Waals surface area contributed by atoms with Crippen LogP contribution in [0.2, 0.25) is 0 Å². The van der Waals surface area contributed by atoms with Gasteiger partial charge in [0.15, 0.2) is 0 Å². The first-order valence-corrected chi connectivity index (χ1v) is 9.05. The molecule has 0 aliphatic carbocycles. The van der Waals surface area contributed by atoms with E-state index in [-0.39, 0.29) is 12.3 Å². The second-order valence-electron chi connectivity index (χ2n) is 7.52. The molecule has 4 rings (SSSR count). The van der Waals surface area contributed by atoms with E-state index < -0.39 is 17.4 Å². The molecule has 0 radical (unpaired) electrons. The fraction of sp³-hybridized carbons (Fsp3) is 0.450. The third kappa shape index (κ3) is 2.52. The molecule has 2 aliphatic heterocycles. The van der Waals surface area contributed by atoms with Crippen molar-refractivity contribution in [2.24, 2.45) is 5.92 Å². The van der Waals surface area contributed by atoms with Crippen LogP contribution in [0.5, 0.6) is 0 Å². The van der Waals surface area contributed by atoms with E-state index in [0.717, 1.165) is 29.7 Å². The quantitative estimate of drug-likeness (QED) is 0.866. The Morgan fingerprint density at radius 2 is 2.00 bits per heavy atom. The average Bonchev–Trinajstić information content (AvgIpc) is 2.95. The number of aromatic nitrogens is 1. The van der Waals surface area contributed by atoms with Crippen LogP contribution in [0.15, 0.2) is 24.4 Å². The van der Waals surface area contributed by atoms with Gasteiger partial charge in [0, 0.05) is 36.8 Å². The van der Waals surface area contributed by atoms with Gasteiger partial charge in [0.2, 0.25) is 5.91 Å². The number of benzene rings is 1. The third-order valence-corrected chi connectivity index (χ3v) is 6.15. The maximum Gasteiger partial charge on any atom is 0.309 e. The number of anilines is 1. The number of rotatable bonds is 2. The van der Waals surface area contributed by atoms with Crippen LogP contribution >= 0.6 is 0 Å². The van der Waals surface area contributed by atoms with E-state index >= 15 is 0 Å². The van der Waals surface area contributed by atoms with Crippen molar-refractivity contribution in [3.05, 3.63) is 35.5 Å². The topological polar surface area (TPSA) is 82.5 Å². The number of hydrogen-bond donors (Lipinski definition) is 2. The second-order valence-corrected chi connectivity index (χ2v) is 7.52. The Bertz CT molecular complexity index is 901. The van der Waals surface area contributed by atoms with Gasteiger partial charge in [-0.3, -0.25) is 14.6 Å². The predicted molar refractivity (Wildman–Crippen MR) is 99.3 cm³/mol. The van der Waals surface area contributed by atoms with Gasteiger partial charge in [0.25, 0.3) is 0 Å². The van der Waals surface area contributed by atoms with Crippen LogP contribution in [0.25, 0.3) is 10.9 Å². The van der Waals surface area contributed by atoms with Gasteiger partial charge < -0.3 is 15.3 Å². The van der Waals surface area contributed by atoms with E-state index in [4.69, 9.17) is 0 Å². The van der Waals surface area contributed by atoms with Gasteiger partial charge in [-0.25, -0.2) is 0 Å². The lowest BCUT2D eigenvalue weighted by Crippen LogP contribution is -2.55. The summed E-state index contributed by atoms with van der Waals surface area (Å²) in [6, 6.07) is 6.25. The highest BCUT2D eigenvalue weighted by Crippen LogP contribution is 2.39. The minimum Gasteiger partial charge on any atom is -0.481 e. The lowest BCUT2D eigenvalue weighted by Gasteiger charge is -2.42. The van der Waals surface area contributed by atoms with Crippen molar-refractivity contribution in [2.75, 3.05) is 18.0 Å². The largest absolute Gasteiger partial charge is 0.481 e. The Morgan fingerprint density at radius 3 is 2.69 bits per heavy atom. The van der Waals surface area contributed by atoms with Crippen molar-refractivity contribution < 1.29 is 14.7 Å². The van der Waals surface area contributed by atoms with E-state index in [9.17, 15) is 14.7 Å². The number of aryl methyl sites for hydroxylation is 2. The maximum absolute atomic E-state index is 11.8. The highest BCUT2D eigenvalue weighted by atomic mass is 16.4. The summed E-state index contributed by atoms with van der Waals surface area (Å²) in [5.74, 6) is -1.65. The van der Waals surface area contributed by atoms with Gasteiger partial charge in [-0.15, -0.1) is 0 Å². The first kappa shape index (κ1) is 16.8. The van der Waals surface area contributed by atoms with Crippen molar-refractivity contribution in [1.29, 1.82) is 0 Å². The Hall–Kier alpha value is -2.63. The van der Waals surface area contributed by atoms with Crippen molar-refractivity contribution in [3.63, 3.8) is 0 Å². The summed E-state index contributed by atoms with van der Waals surface area (Å²) >= 11 is 0. The number of aliphatic carboxylic acids is 1. The van der Waals surface area contributed by atoms with E-state index in [1.165, 1.54) is 11.1 Å². The van der Waals surface area contributed by atoms with E-state index in [1.807, 2.05) is 12.3 Å². The van der Waals surface area contributed by atoms with Gasteiger partial charge in [0.05, 0.1) is 17.0 Å². The highest BCUT2D eigenvalue weighted by Gasteiger charge is 2.51. The third-order valence-electron chi connectivity index (χ3n) is 6.15. The first-order valence-electron chi connectivity index (χ1n) is 9.05. The van der Waals surface area contributed by atoms with Crippen LogP contribution in [0.4, 0.5) is 5.69 Å². The fourth-order valence-corrected chi connectivity index (χ4v) is 4.46. The molecule has 2 saturated heterocycles. The number of carboxylic acid groups (broad SMARTS) is 1. The molecule has 1 amide bonds. The number of carbonyl (C=O) groups excluding carboxylic acids is 1. The molecule has 1 aromatic carbocycles. The Labute approximate surface area is 152 Å². The molecule has 0 saturated carbocycles. The number of hydrogen-bond acceptors (Lipinski definition) is 4. The maximum atomic E-state index is 11.8. The summed E-state index contributed by atoms with van der Waals surface area (Å²) in [4.78, 5) is 30.3. The molecule has 6 nitrogen and oxygen atoms in total. The van der Waals surface area contributed by atoms with Crippen molar-refractivity contribution in [1.82, 2.24) is 10.3 Å². The number of amides is 1. The summed E-state index contributed by atoms with van der Waals surface area (Å²) in [6.45, 7) is 5.61.